The fourth-order valence-electron chi connectivity index (χ4n) is 2.45. The SMILES string of the molecule is CC(=O)OC[C@H]1O[C@H](OC(C)=O)[C@H](OC(C)=O)[C@@H](OC(C)=O)[C@H]1SC(C)=O. The number of hydrogen-bond acceptors (Lipinski definition) is 11. The first-order chi connectivity index (χ1) is 12.5. The molecule has 10 nitrogen and oxygen atoms in total. The normalized spacial score (nSPS) is 27.2. The summed E-state index contributed by atoms with van der Waals surface area (Å²) in [7, 11) is 0. The van der Waals surface area contributed by atoms with Gasteiger partial charge in [-0.25, -0.2) is 0 Å². The van der Waals surface area contributed by atoms with Crippen molar-refractivity contribution >= 4 is 40.8 Å². The summed E-state index contributed by atoms with van der Waals surface area (Å²) in [6.07, 6.45) is -4.87. The molecule has 5 atom stereocenters. The van der Waals surface area contributed by atoms with Gasteiger partial charge in [-0.1, -0.05) is 11.8 Å². The largest absolute Gasteiger partial charge is 0.463 e. The van der Waals surface area contributed by atoms with Gasteiger partial charge in [0.2, 0.25) is 12.4 Å². The summed E-state index contributed by atoms with van der Waals surface area (Å²) in [6.45, 7) is 5.56. The molecule has 0 N–H and O–H groups in total. The van der Waals surface area contributed by atoms with E-state index in [1.807, 2.05) is 0 Å². The van der Waals surface area contributed by atoms with Gasteiger partial charge >= 0.3 is 23.9 Å². The molecule has 0 amide bonds. The van der Waals surface area contributed by atoms with Gasteiger partial charge in [-0.15, -0.1) is 0 Å². The van der Waals surface area contributed by atoms with Crippen molar-refractivity contribution in [3.05, 3.63) is 0 Å². The smallest absolute Gasteiger partial charge is 0.305 e. The third kappa shape index (κ3) is 7.55. The molecule has 1 aliphatic heterocycles. The molecule has 0 saturated carbocycles. The highest BCUT2D eigenvalue weighted by atomic mass is 32.2. The van der Waals surface area contributed by atoms with Gasteiger partial charge in [0.25, 0.3) is 0 Å². The minimum Gasteiger partial charge on any atom is -0.463 e. The predicted octanol–water partition coefficient (Wildman–Crippen LogP) is 0.349. The summed E-state index contributed by atoms with van der Waals surface area (Å²) in [5.41, 5.74) is 0. The van der Waals surface area contributed by atoms with Crippen molar-refractivity contribution in [3.63, 3.8) is 0 Å². The standard InChI is InChI=1S/C16H22O10S/c1-7(17)22-6-12-15(27-11(5)21)13(23-8(2)18)14(24-9(3)19)16(26-12)25-10(4)20/h12-16H,6H2,1-5H3/t12-,13-,14-,15+,16+/m1/s1. The first kappa shape index (κ1) is 22.9. The molecule has 1 aliphatic rings. The van der Waals surface area contributed by atoms with Gasteiger partial charge in [0.15, 0.2) is 11.2 Å². The summed E-state index contributed by atoms with van der Waals surface area (Å²) >= 11 is 0.773. The number of rotatable bonds is 6. The molecule has 0 spiro atoms. The van der Waals surface area contributed by atoms with Crippen LogP contribution in [0.4, 0.5) is 0 Å². The molecule has 0 bridgehead atoms. The molecule has 0 unspecified atom stereocenters. The van der Waals surface area contributed by atoms with E-state index < -0.39 is 53.7 Å². The second kappa shape index (κ2) is 10.3. The zero-order valence-corrected chi connectivity index (χ0v) is 16.4. The Morgan fingerprint density at radius 3 is 1.74 bits per heavy atom. The molecule has 1 heterocycles. The number of ether oxygens (including phenoxy) is 5. The monoisotopic (exact) mass is 406 g/mol. The van der Waals surface area contributed by atoms with E-state index in [0.717, 1.165) is 32.5 Å². The predicted molar refractivity (Wildman–Crippen MR) is 90.2 cm³/mol. The highest BCUT2D eigenvalue weighted by Gasteiger charge is 2.52. The Balaban J connectivity index is 3.29. The fourth-order valence-corrected chi connectivity index (χ4v) is 3.47. The Kier molecular flexibility index (Phi) is 8.70. The third-order valence-electron chi connectivity index (χ3n) is 3.23. The summed E-state index contributed by atoms with van der Waals surface area (Å²) in [5, 5.41) is -1.21. The van der Waals surface area contributed by atoms with E-state index in [1.54, 1.807) is 0 Å². The minimum atomic E-state index is -1.42. The third-order valence-corrected chi connectivity index (χ3v) is 4.41. The molecule has 0 aromatic carbocycles. The molecule has 27 heavy (non-hydrogen) atoms. The number of esters is 4. The first-order valence-electron chi connectivity index (χ1n) is 7.99. The highest BCUT2D eigenvalue weighted by Crippen LogP contribution is 2.35. The van der Waals surface area contributed by atoms with Gasteiger partial charge in [-0.2, -0.15) is 0 Å². The van der Waals surface area contributed by atoms with Crippen LogP contribution in [-0.4, -0.2) is 65.5 Å². The van der Waals surface area contributed by atoms with Gasteiger partial charge in [-0.3, -0.25) is 24.0 Å². The van der Waals surface area contributed by atoms with Gasteiger partial charge in [-0.05, 0) is 0 Å². The topological polar surface area (TPSA) is 132 Å². The molecule has 0 aliphatic carbocycles. The van der Waals surface area contributed by atoms with E-state index in [-0.39, 0.29) is 11.7 Å². The Morgan fingerprint density at radius 2 is 1.30 bits per heavy atom. The second-order valence-corrected chi connectivity index (χ2v) is 7.03. The van der Waals surface area contributed by atoms with Crippen molar-refractivity contribution in [2.24, 2.45) is 0 Å². The van der Waals surface area contributed by atoms with E-state index in [1.165, 1.54) is 13.8 Å². The number of carbonyl (C=O) groups is 5. The Hall–Kier alpha value is -2.14. The lowest BCUT2D eigenvalue weighted by atomic mass is 10.0. The molecular weight excluding hydrogens is 384 g/mol. The Bertz CT molecular complexity index is 604. The number of carbonyl (C=O) groups excluding carboxylic acids is 5. The van der Waals surface area contributed by atoms with Crippen molar-refractivity contribution in [1.82, 2.24) is 0 Å². The average molecular weight is 406 g/mol. The zero-order valence-electron chi connectivity index (χ0n) is 15.6. The minimum absolute atomic E-state index is 0.289. The molecule has 1 fully saturated rings. The molecule has 0 aromatic heterocycles. The number of hydrogen-bond donors (Lipinski definition) is 0. The van der Waals surface area contributed by atoms with Crippen LogP contribution in [0.2, 0.25) is 0 Å². The molecular formula is C16H22O10S. The van der Waals surface area contributed by atoms with Crippen LogP contribution in [0.15, 0.2) is 0 Å². The number of thioether (sulfide) groups is 1. The molecule has 152 valence electrons. The van der Waals surface area contributed by atoms with Crippen LogP contribution in [0.25, 0.3) is 0 Å². The van der Waals surface area contributed by atoms with Crippen LogP contribution < -0.4 is 0 Å². The van der Waals surface area contributed by atoms with E-state index in [0.29, 0.717) is 0 Å². The summed E-state index contributed by atoms with van der Waals surface area (Å²) in [6, 6.07) is 0. The summed E-state index contributed by atoms with van der Waals surface area (Å²) < 4.78 is 26.0. The van der Waals surface area contributed by atoms with E-state index in [9.17, 15) is 24.0 Å². The van der Waals surface area contributed by atoms with Crippen LogP contribution in [-0.2, 0) is 47.7 Å². The van der Waals surface area contributed by atoms with Crippen molar-refractivity contribution in [3.8, 4) is 0 Å². The average Bonchev–Trinajstić information content (AvgIpc) is 2.49. The molecule has 0 radical (unpaired) electrons. The summed E-state index contributed by atoms with van der Waals surface area (Å²) in [5.74, 6) is -2.77. The quantitative estimate of drug-likeness (QED) is 0.447. The van der Waals surface area contributed by atoms with Crippen LogP contribution in [0.1, 0.15) is 34.6 Å². The van der Waals surface area contributed by atoms with Gasteiger partial charge in [0, 0.05) is 34.6 Å². The van der Waals surface area contributed by atoms with Crippen LogP contribution in [0.5, 0.6) is 0 Å². The van der Waals surface area contributed by atoms with Gasteiger partial charge in [0.05, 0.1) is 5.25 Å². The van der Waals surface area contributed by atoms with Crippen molar-refractivity contribution in [2.45, 2.75) is 64.5 Å². The second-order valence-electron chi connectivity index (χ2n) is 5.68. The van der Waals surface area contributed by atoms with Crippen LogP contribution >= 0.6 is 11.8 Å². The summed E-state index contributed by atoms with van der Waals surface area (Å²) in [4.78, 5) is 57.3. The van der Waals surface area contributed by atoms with Gasteiger partial charge in [0.1, 0.15) is 12.7 Å². The van der Waals surface area contributed by atoms with Crippen LogP contribution in [0.3, 0.4) is 0 Å². The van der Waals surface area contributed by atoms with Crippen molar-refractivity contribution in [2.75, 3.05) is 6.61 Å². The van der Waals surface area contributed by atoms with Crippen molar-refractivity contribution in [1.29, 1.82) is 0 Å². The highest BCUT2D eigenvalue weighted by molar-refractivity contribution is 8.14. The maximum absolute atomic E-state index is 11.7. The first-order valence-corrected chi connectivity index (χ1v) is 8.87. The van der Waals surface area contributed by atoms with Crippen LogP contribution in [0, 0.1) is 0 Å². The van der Waals surface area contributed by atoms with E-state index in [4.69, 9.17) is 23.7 Å². The lowest BCUT2D eigenvalue weighted by molar-refractivity contribution is -0.268. The fraction of sp³-hybridized carbons (Fsp3) is 0.688. The zero-order chi connectivity index (χ0) is 20.7. The van der Waals surface area contributed by atoms with E-state index in [2.05, 4.69) is 0 Å². The maximum Gasteiger partial charge on any atom is 0.305 e. The Morgan fingerprint density at radius 1 is 0.778 bits per heavy atom. The maximum atomic E-state index is 11.7. The van der Waals surface area contributed by atoms with E-state index >= 15 is 0 Å². The lowest BCUT2D eigenvalue weighted by Gasteiger charge is -2.43. The molecule has 11 heteroatoms. The Labute approximate surface area is 160 Å². The lowest BCUT2D eigenvalue weighted by Crippen LogP contribution is -2.61. The molecule has 1 saturated heterocycles. The molecule has 1 rings (SSSR count). The van der Waals surface area contributed by atoms with Crippen molar-refractivity contribution < 1.29 is 47.7 Å². The molecule has 0 aromatic rings. The van der Waals surface area contributed by atoms with Gasteiger partial charge < -0.3 is 23.7 Å².